The number of hydrogen-bond acceptors (Lipinski definition) is 3. The highest BCUT2D eigenvalue weighted by Gasteiger charge is 2.12. The number of halogens is 2. The highest BCUT2D eigenvalue weighted by atomic mass is 79.9. The van der Waals surface area contributed by atoms with E-state index in [1.165, 1.54) is 0 Å². The molecule has 2 unspecified atom stereocenters. The SMILES string of the molecule is COc1ccc(C(C)NC(=O)CC(C)N)cc1Br.Cl. The predicted octanol–water partition coefficient (Wildman–Crippen LogP) is 2.79. The molecule has 1 amide bonds. The maximum atomic E-state index is 11.6. The van der Waals surface area contributed by atoms with Gasteiger partial charge in [-0.05, 0) is 47.5 Å². The van der Waals surface area contributed by atoms with Crippen LogP contribution in [0.4, 0.5) is 0 Å². The van der Waals surface area contributed by atoms with Crippen LogP contribution >= 0.6 is 28.3 Å². The van der Waals surface area contributed by atoms with Gasteiger partial charge in [0.1, 0.15) is 5.75 Å². The lowest BCUT2D eigenvalue weighted by molar-refractivity contribution is -0.122. The van der Waals surface area contributed by atoms with E-state index in [1.807, 2.05) is 32.0 Å². The summed E-state index contributed by atoms with van der Waals surface area (Å²) >= 11 is 3.42. The van der Waals surface area contributed by atoms with Gasteiger partial charge in [-0.25, -0.2) is 0 Å². The smallest absolute Gasteiger partial charge is 0.222 e. The molecule has 6 heteroatoms. The standard InChI is InChI=1S/C13H19BrN2O2.ClH/c1-8(15)6-13(17)16-9(2)10-4-5-12(18-3)11(14)7-10;/h4-5,7-9H,6,15H2,1-3H3,(H,16,17);1H. The first-order chi connectivity index (χ1) is 8.43. The van der Waals surface area contributed by atoms with Gasteiger partial charge in [0.15, 0.2) is 0 Å². The van der Waals surface area contributed by atoms with Gasteiger partial charge in [0.2, 0.25) is 5.91 Å². The van der Waals surface area contributed by atoms with Crippen LogP contribution in [-0.2, 0) is 4.79 Å². The number of amides is 1. The maximum Gasteiger partial charge on any atom is 0.222 e. The molecule has 0 spiro atoms. The van der Waals surface area contributed by atoms with Gasteiger partial charge >= 0.3 is 0 Å². The van der Waals surface area contributed by atoms with Crippen LogP contribution in [0.5, 0.6) is 5.75 Å². The predicted molar refractivity (Wildman–Crippen MR) is 82.8 cm³/mol. The summed E-state index contributed by atoms with van der Waals surface area (Å²) in [5, 5.41) is 2.91. The first-order valence-electron chi connectivity index (χ1n) is 5.82. The molecule has 0 fully saturated rings. The van der Waals surface area contributed by atoms with E-state index in [4.69, 9.17) is 10.5 Å². The van der Waals surface area contributed by atoms with Crippen molar-refractivity contribution in [1.29, 1.82) is 0 Å². The fourth-order valence-corrected chi connectivity index (χ4v) is 2.19. The normalized spacial score (nSPS) is 13.1. The summed E-state index contributed by atoms with van der Waals surface area (Å²) < 4.78 is 6.03. The minimum atomic E-state index is -0.125. The van der Waals surface area contributed by atoms with E-state index in [0.717, 1.165) is 15.8 Å². The summed E-state index contributed by atoms with van der Waals surface area (Å²) in [6.45, 7) is 3.75. The Labute approximate surface area is 128 Å². The number of hydrogen-bond donors (Lipinski definition) is 2. The van der Waals surface area contributed by atoms with Crippen LogP contribution < -0.4 is 15.8 Å². The largest absolute Gasteiger partial charge is 0.496 e. The van der Waals surface area contributed by atoms with Crippen molar-refractivity contribution in [3.8, 4) is 5.75 Å². The summed E-state index contributed by atoms with van der Waals surface area (Å²) in [7, 11) is 1.62. The third-order valence-electron chi connectivity index (χ3n) is 2.56. The van der Waals surface area contributed by atoms with Crippen molar-refractivity contribution in [2.75, 3.05) is 7.11 Å². The summed E-state index contributed by atoms with van der Waals surface area (Å²) in [6.07, 6.45) is 0.335. The zero-order chi connectivity index (χ0) is 13.7. The zero-order valence-electron chi connectivity index (χ0n) is 11.3. The third-order valence-corrected chi connectivity index (χ3v) is 3.18. The lowest BCUT2D eigenvalue weighted by Crippen LogP contribution is -2.31. The second kappa shape index (κ2) is 8.40. The minimum Gasteiger partial charge on any atom is -0.496 e. The highest BCUT2D eigenvalue weighted by molar-refractivity contribution is 9.10. The molecule has 0 saturated carbocycles. The van der Waals surface area contributed by atoms with Crippen molar-refractivity contribution >= 4 is 34.2 Å². The number of carbonyl (C=O) groups excluding carboxylic acids is 1. The van der Waals surface area contributed by atoms with E-state index in [-0.39, 0.29) is 30.4 Å². The van der Waals surface area contributed by atoms with Crippen LogP contribution in [0.2, 0.25) is 0 Å². The highest BCUT2D eigenvalue weighted by Crippen LogP contribution is 2.27. The Hall–Kier alpha value is -0.780. The Morgan fingerprint density at radius 2 is 2.11 bits per heavy atom. The van der Waals surface area contributed by atoms with Gasteiger partial charge in [-0.3, -0.25) is 4.79 Å². The number of carbonyl (C=O) groups is 1. The molecule has 0 saturated heterocycles. The van der Waals surface area contributed by atoms with Crippen LogP contribution in [-0.4, -0.2) is 19.1 Å². The average Bonchev–Trinajstić information content (AvgIpc) is 2.27. The fraction of sp³-hybridized carbons (Fsp3) is 0.462. The number of benzene rings is 1. The van der Waals surface area contributed by atoms with Gasteiger partial charge in [-0.2, -0.15) is 0 Å². The van der Waals surface area contributed by atoms with E-state index in [0.29, 0.717) is 6.42 Å². The van der Waals surface area contributed by atoms with Gasteiger partial charge in [0.25, 0.3) is 0 Å². The second-order valence-corrected chi connectivity index (χ2v) is 5.22. The number of nitrogens with one attached hydrogen (secondary N) is 1. The third kappa shape index (κ3) is 5.80. The zero-order valence-corrected chi connectivity index (χ0v) is 13.7. The lowest BCUT2D eigenvalue weighted by Gasteiger charge is -2.16. The quantitative estimate of drug-likeness (QED) is 0.857. The Balaban J connectivity index is 0.00000324. The van der Waals surface area contributed by atoms with Crippen molar-refractivity contribution in [1.82, 2.24) is 5.32 Å². The number of methoxy groups -OCH3 is 1. The maximum absolute atomic E-state index is 11.6. The molecule has 0 bridgehead atoms. The molecular weight excluding hydrogens is 332 g/mol. The molecule has 19 heavy (non-hydrogen) atoms. The fourth-order valence-electron chi connectivity index (χ4n) is 1.63. The Bertz CT molecular complexity index is 427. The molecule has 2 atom stereocenters. The molecule has 0 aliphatic rings. The molecule has 1 aromatic rings. The van der Waals surface area contributed by atoms with E-state index < -0.39 is 0 Å². The Kier molecular flexibility index (Phi) is 8.06. The van der Waals surface area contributed by atoms with Crippen LogP contribution in [0.3, 0.4) is 0 Å². The number of ether oxygens (including phenoxy) is 1. The van der Waals surface area contributed by atoms with E-state index in [9.17, 15) is 4.79 Å². The van der Waals surface area contributed by atoms with Crippen molar-refractivity contribution in [2.45, 2.75) is 32.4 Å². The average molecular weight is 352 g/mol. The molecule has 4 nitrogen and oxygen atoms in total. The molecule has 3 N–H and O–H groups in total. The molecule has 0 heterocycles. The van der Waals surface area contributed by atoms with Crippen LogP contribution in [0.1, 0.15) is 31.9 Å². The van der Waals surface area contributed by atoms with Crippen molar-refractivity contribution in [3.05, 3.63) is 28.2 Å². The van der Waals surface area contributed by atoms with Gasteiger partial charge in [0.05, 0.1) is 17.6 Å². The van der Waals surface area contributed by atoms with E-state index >= 15 is 0 Å². The van der Waals surface area contributed by atoms with Crippen molar-refractivity contribution in [2.24, 2.45) is 5.73 Å². The van der Waals surface area contributed by atoms with Gasteiger partial charge < -0.3 is 15.8 Å². The number of nitrogens with two attached hydrogens (primary N) is 1. The van der Waals surface area contributed by atoms with Crippen molar-refractivity contribution < 1.29 is 9.53 Å². The van der Waals surface area contributed by atoms with Crippen LogP contribution in [0.25, 0.3) is 0 Å². The topological polar surface area (TPSA) is 64.3 Å². The molecule has 0 aromatic heterocycles. The first kappa shape index (κ1) is 18.2. The molecular formula is C13H20BrClN2O2. The summed E-state index contributed by atoms with van der Waals surface area (Å²) in [6, 6.07) is 5.56. The molecule has 0 aliphatic heterocycles. The van der Waals surface area contributed by atoms with Crippen molar-refractivity contribution in [3.63, 3.8) is 0 Å². The summed E-state index contributed by atoms with van der Waals surface area (Å²) in [5.41, 5.74) is 6.60. The lowest BCUT2D eigenvalue weighted by atomic mass is 10.1. The van der Waals surface area contributed by atoms with E-state index in [1.54, 1.807) is 7.11 Å². The minimum absolute atomic E-state index is 0. The Morgan fingerprint density at radius 3 is 2.58 bits per heavy atom. The van der Waals surface area contributed by atoms with Crippen LogP contribution in [0, 0.1) is 0 Å². The monoisotopic (exact) mass is 350 g/mol. The van der Waals surface area contributed by atoms with Gasteiger partial charge in [-0.1, -0.05) is 6.07 Å². The molecule has 108 valence electrons. The molecule has 0 aliphatic carbocycles. The Morgan fingerprint density at radius 1 is 1.47 bits per heavy atom. The number of rotatable bonds is 5. The van der Waals surface area contributed by atoms with Gasteiger partial charge in [-0.15, -0.1) is 12.4 Å². The van der Waals surface area contributed by atoms with Gasteiger partial charge in [0, 0.05) is 12.5 Å². The van der Waals surface area contributed by atoms with Crippen LogP contribution in [0.15, 0.2) is 22.7 Å². The first-order valence-corrected chi connectivity index (χ1v) is 6.61. The molecule has 1 aromatic carbocycles. The molecule has 0 radical (unpaired) electrons. The second-order valence-electron chi connectivity index (χ2n) is 4.36. The van der Waals surface area contributed by atoms with E-state index in [2.05, 4.69) is 21.2 Å². The molecule has 1 rings (SSSR count). The summed E-state index contributed by atoms with van der Waals surface area (Å²) in [4.78, 5) is 11.6. The summed E-state index contributed by atoms with van der Waals surface area (Å²) in [5.74, 6) is 0.734.